The molecule has 0 saturated carbocycles. The van der Waals surface area contributed by atoms with Crippen LogP contribution >= 0.6 is 0 Å². The van der Waals surface area contributed by atoms with Gasteiger partial charge in [0.1, 0.15) is 0 Å². The third-order valence-electron chi connectivity index (χ3n) is 3.17. The number of carbonyl (C=O) groups is 1. The van der Waals surface area contributed by atoms with Gasteiger partial charge in [-0.1, -0.05) is 0 Å². The molecule has 2 saturated heterocycles. The summed E-state index contributed by atoms with van der Waals surface area (Å²) in [5.74, 6) is 0.333. The largest absolute Gasteiger partial charge is 0.341 e. The van der Waals surface area contributed by atoms with Crippen LogP contribution in [0.5, 0.6) is 0 Å². The quantitative estimate of drug-likeness (QED) is 0.591. The maximum Gasteiger partial charge on any atom is 0.231 e. The predicted octanol–water partition coefficient (Wildman–Crippen LogP) is -0.582. The van der Waals surface area contributed by atoms with Crippen LogP contribution in [0.15, 0.2) is 0 Å². The Morgan fingerprint density at radius 3 is 2.64 bits per heavy atom. The zero-order chi connectivity index (χ0) is 10.0. The lowest BCUT2D eigenvalue weighted by Gasteiger charge is -2.41. The Hall–Kier alpha value is -0.610. The number of rotatable bonds is 1. The Balaban J connectivity index is 1.95. The minimum Gasteiger partial charge on any atom is -0.341 e. The number of amides is 1. The lowest BCUT2D eigenvalue weighted by atomic mass is 9.82. The fourth-order valence-corrected chi connectivity index (χ4v) is 2.08. The van der Waals surface area contributed by atoms with E-state index in [9.17, 15) is 4.79 Å². The molecule has 0 aromatic carbocycles. The van der Waals surface area contributed by atoms with Gasteiger partial charge in [0.15, 0.2) is 0 Å². The minimum absolute atomic E-state index is 0.121. The number of carbonyl (C=O) groups excluding carboxylic acids is 1. The second-order valence-electron chi connectivity index (χ2n) is 4.56. The standard InChI is InChI=1S/C10H19N3O/c1-10(7-12-8-10)9(14)13-5-2-3-11-4-6-13/h11-12H,2-8H2,1H3. The first-order chi connectivity index (χ1) is 6.72. The summed E-state index contributed by atoms with van der Waals surface area (Å²) < 4.78 is 0. The topological polar surface area (TPSA) is 44.4 Å². The SMILES string of the molecule is CC1(C(=O)N2CCCNCC2)CNC1. The van der Waals surface area contributed by atoms with Crippen LogP contribution in [0.3, 0.4) is 0 Å². The van der Waals surface area contributed by atoms with Crippen LogP contribution in [0.25, 0.3) is 0 Å². The predicted molar refractivity (Wildman–Crippen MR) is 55.0 cm³/mol. The van der Waals surface area contributed by atoms with Crippen molar-refractivity contribution < 1.29 is 4.79 Å². The molecule has 0 radical (unpaired) electrons. The van der Waals surface area contributed by atoms with Gasteiger partial charge in [-0.15, -0.1) is 0 Å². The Morgan fingerprint density at radius 2 is 2.00 bits per heavy atom. The van der Waals surface area contributed by atoms with Crippen LogP contribution in [-0.2, 0) is 4.79 Å². The van der Waals surface area contributed by atoms with E-state index in [2.05, 4.69) is 17.6 Å². The molecule has 0 aromatic rings. The number of nitrogens with one attached hydrogen (secondary N) is 2. The van der Waals surface area contributed by atoms with Crippen molar-refractivity contribution in [2.45, 2.75) is 13.3 Å². The summed E-state index contributed by atoms with van der Waals surface area (Å²) >= 11 is 0. The Kier molecular flexibility index (Phi) is 2.74. The van der Waals surface area contributed by atoms with E-state index in [1.54, 1.807) is 0 Å². The molecule has 0 aromatic heterocycles. The average molecular weight is 197 g/mol. The van der Waals surface area contributed by atoms with E-state index in [1.165, 1.54) is 0 Å². The van der Waals surface area contributed by atoms with Crippen molar-refractivity contribution in [2.24, 2.45) is 5.41 Å². The van der Waals surface area contributed by atoms with Gasteiger partial charge in [-0.05, 0) is 19.9 Å². The fraction of sp³-hybridized carbons (Fsp3) is 0.900. The van der Waals surface area contributed by atoms with Gasteiger partial charge in [0.25, 0.3) is 0 Å². The maximum absolute atomic E-state index is 12.1. The van der Waals surface area contributed by atoms with Crippen molar-refractivity contribution in [3.63, 3.8) is 0 Å². The lowest BCUT2D eigenvalue weighted by molar-refractivity contribution is -0.143. The van der Waals surface area contributed by atoms with E-state index in [-0.39, 0.29) is 5.41 Å². The fourth-order valence-electron chi connectivity index (χ4n) is 2.08. The molecule has 80 valence electrons. The molecule has 0 bridgehead atoms. The molecule has 2 fully saturated rings. The molecule has 0 unspecified atom stereocenters. The van der Waals surface area contributed by atoms with Gasteiger partial charge in [-0.2, -0.15) is 0 Å². The normalized spacial score (nSPS) is 26.5. The zero-order valence-electron chi connectivity index (χ0n) is 8.81. The molecule has 0 spiro atoms. The molecule has 2 N–H and O–H groups in total. The van der Waals surface area contributed by atoms with Gasteiger partial charge in [0.2, 0.25) is 5.91 Å². The summed E-state index contributed by atoms with van der Waals surface area (Å²) in [6, 6.07) is 0. The van der Waals surface area contributed by atoms with Crippen molar-refractivity contribution >= 4 is 5.91 Å². The Bertz CT molecular complexity index is 217. The monoisotopic (exact) mass is 197 g/mol. The van der Waals surface area contributed by atoms with Gasteiger partial charge >= 0.3 is 0 Å². The van der Waals surface area contributed by atoms with Crippen molar-refractivity contribution in [2.75, 3.05) is 39.3 Å². The summed E-state index contributed by atoms with van der Waals surface area (Å²) in [6.07, 6.45) is 1.08. The Morgan fingerprint density at radius 1 is 1.21 bits per heavy atom. The highest BCUT2D eigenvalue weighted by Gasteiger charge is 2.41. The van der Waals surface area contributed by atoms with E-state index in [4.69, 9.17) is 0 Å². The molecular weight excluding hydrogens is 178 g/mol. The molecule has 14 heavy (non-hydrogen) atoms. The number of nitrogens with zero attached hydrogens (tertiary/aromatic N) is 1. The van der Waals surface area contributed by atoms with Crippen LogP contribution in [0, 0.1) is 5.41 Å². The molecule has 2 aliphatic heterocycles. The maximum atomic E-state index is 12.1. The van der Waals surface area contributed by atoms with E-state index in [0.29, 0.717) is 5.91 Å². The Labute approximate surface area is 85.0 Å². The van der Waals surface area contributed by atoms with Crippen LogP contribution in [-0.4, -0.2) is 50.1 Å². The smallest absolute Gasteiger partial charge is 0.231 e. The van der Waals surface area contributed by atoms with Crippen molar-refractivity contribution in [1.29, 1.82) is 0 Å². The van der Waals surface area contributed by atoms with Crippen LogP contribution in [0.4, 0.5) is 0 Å². The molecular formula is C10H19N3O. The molecule has 1 amide bonds. The van der Waals surface area contributed by atoms with Crippen LogP contribution in [0.1, 0.15) is 13.3 Å². The second-order valence-corrected chi connectivity index (χ2v) is 4.56. The highest BCUT2D eigenvalue weighted by Crippen LogP contribution is 2.24. The van der Waals surface area contributed by atoms with E-state index < -0.39 is 0 Å². The van der Waals surface area contributed by atoms with Gasteiger partial charge in [0, 0.05) is 32.7 Å². The van der Waals surface area contributed by atoms with Gasteiger partial charge < -0.3 is 15.5 Å². The van der Waals surface area contributed by atoms with Gasteiger partial charge in [0.05, 0.1) is 5.41 Å². The lowest BCUT2D eigenvalue weighted by Crippen LogP contribution is -2.60. The second kappa shape index (κ2) is 3.87. The first-order valence-corrected chi connectivity index (χ1v) is 5.43. The number of hydrogen-bond acceptors (Lipinski definition) is 3. The van der Waals surface area contributed by atoms with E-state index in [1.807, 2.05) is 4.90 Å². The molecule has 0 aliphatic carbocycles. The average Bonchev–Trinajstić information content (AvgIpc) is 2.41. The van der Waals surface area contributed by atoms with Crippen molar-refractivity contribution in [1.82, 2.24) is 15.5 Å². The van der Waals surface area contributed by atoms with Crippen molar-refractivity contribution in [3.8, 4) is 0 Å². The molecule has 4 nitrogen and oxygen atoms in total. The summed E-state index contributed by atoms with van der Waals surface area (Å²) in [6.45, 7) is 7.51. The van der Waals surface area contributed by atoms with Crippen molar-refractivity contribution in [3.05, 3.63) is 0 Å². The third kappa shape index (κ3) is 1.77. The molecule has 0 atom stereocenters. The zero-order valence-corrected chi connectivity index (χ0v) is 8.81. The van der Waals surface area contributed by atoms with Crippen LogP contribution < -0.4 is 10.6 Å². The van der Waals surface area contributed by atoms with E-state index in [0.717, 1.165) is 45.7 Å². The third-order valence-corrected chi connectivity index (χ3v) is 3.17. The highest BCUT2D eigenvalue weighted by atomic mass is 16.2. The van der Waals surface area contributed by atoms with E-state index >= 15 is 0 Å². The summed E-state index contributed by atoms with van der Waals surface area (Å²) in [5, 5.41) is 6.48. The number of hydrogen-bond donors (Lipinski definition) is 2. The summed E-state index contributed by atoms with van der Waals surface area (Å²) in [5.41, 5.74) is -0.121. The minimum atomic E-state index is -0.121. The molecule has 2 rings (SSSR count). The summed E-state index contributed by atoms with van der Waals surface area (Å²) in [7, 11) is 0. The summed E-state index contributed by atoms with van der Waals surface area (Å²) in [4.78, 5) is 14.1. The highest BCUT2D eigenvalue weighted by molar-refractivity contribution is 5.84. The first kappa shape index (κ1) is 9.93. The molecule has 4 heteroatoms. The van der Waals surface area contributed by atoms with Gasteiger partial charge in [-0.25, -0.2) is 0 Å². The first-order valence-electron chi connectivity index (χ1n) is 5.43. The van der Waals surface area contributed by atoms with Crippen LogP contribution in [0.2, 0.25) is 0 Å². The van der Waals surface area contributed by atoms with Gasteiger partial charge in [-0.3, -0.25) is 4.79 Å². The molecule has 2 aliphatic rings. The molecule has 2 heterocycles.